The van der Waals surface area contributed by atoms with Gasteiger partial charge in [-0.3, -0.25) is 4.90 Å². The predicted octanol–water partition coefficient (Wildman–Crippen LogP) is 4.65. The molecular weight excluding hydrogens is 394 g/mol. The second-order valence-electron chi connectivity index (χ2n) is 7.05. The Hall–Kier alpha value is -1.11. The minimum absolute atomic E-state index is 0. The number of para-hydroxylation sites is 1. The summed E-state index contributed by atoms with van der Waals surface area (Å²) < 4.78 is 5.02. The minimum atomic E-state index is -0.294. The maximum Gasteiger partial charge on any atom is 0.407 e. The van der Waals surface area contributed by atoms with E-state index in [9.17, 15) is 4.79 Å². The van der Waals surface area contributed by atoms with Crippen molar-refractivity contribution in [2.45, 2.75) is 50.2 Å². The normalized spacial score (nSPS) is 15.6. The van der Waals surface area contributed by atoms with Crippen LogP contribution in [0.2, 0.25) is 0 Å². The second kappa shape index (κ2) is 14.0. The minimum Gasteiger partial charge on any atom is -0.450 e. The van der Waals surface area contributed by atoms with Crippen LogP contribution in [-0.2, 0) is 4.74 Å². The molecule has 0 bridgehead atoms. The quantitative estimate of drug-likeness (QED) is 0.433. The Morgan fingerprint density at radius 3 is 2.61 bits per heavy atom. The Morgan fingerprint density at radius 1 is 1.21 bits per heavy atom. The Morgan fingerprint density at radius 2 is 1.93 bits per heavy atom. The number of thioether (sulfide) groups is 1. The lowest BCUT2D eigenvalue weighted by Crippen LogP contribution is -2.47. The van der Waals surface area contributed by atoms with Gasteiger partial charge in [-0.05, 0) is 37.9 Å². The SMILES string of the molecule is CCCOC(=O)NCCCN1CCN(c2ccccc2SC(C)CC)CC1.Cl. The number of hydrogen-bond donors (Lipinski definition) is 1. The van der Waals surface area contributed by atoms with E-state index >= 15 is 0 Å². The number of ether oxygens (including phenoxy) is 1. The first kappa shape index (κ1) is 24.9. The van der Waals surface area contributed by atoms with Gasteiger partial charge in [-0.25, -0.2) is 4.79 Å². The molecule has 1 heterocycles. The first-order chi connectivity index (χ1) is 13.1. The smallest absolute Gasteiger partial charge is 0.407 e. The molecule has 1 N–H and O–H groups in total. The van der Waals surface area contributed by atoms with Crippen molar-refractivity contribution in [3.8, 4) is 0 Å². The summed E-state index contributed by atoms with van der Waals surface area (Å²) in [7, 11) is 0. The van der Waals surface area contributed by atoms with Crippen molar-refractivity contribution in [3.05, 3.63) is 24.3 Å². The molecule has 160 valence electrons. The summed E-state index contributed by atoms with van der Waals surface area (Å²) in [5, 5.41) is 3.46. The Balaban J connectivity index is 0.00000392. The second-order valence-corrected chi connectivity index (χ2v) is 8.53. The molecule has 0 aliphatic carbocycles. The van der Waals surface area contributed by atoms with Gasteiger partial charge in [0, 0.05) is 42.9 Å². The number of nitrogens with zero attached hydrogens (tertiary/aromatic N) is 2. The van der Waals surface area contributed by atoms with Crippen LogP contribution in [0.25, 0.3) is 0 Å². The van der Waals surface area contributed by atoms with Gasteiger partial charge in [0.1, 0.15) is 0 Å². The number of anilines is 1. The van der Waals surface area contributed by atoms with E-state index in [2.05, 4.69) is 53.2 Å². The van der Waals surface area contributed by atoms with Crippen LogP contribution in [0.5, 0.6) is 0 Å². The number of alkyl carbamates (subject to hydrolysis) is 1. The lowest BCUT2D eigenvalue weighted by atomic mass is 10.2. The Kier molecular flexibility index (Phi) is 12.4. The number of benzene rings is 1. The summed E-state index contributed by atoms with van der Waals surface area (Å²) in [5.74, 6) is 0. The first-order valence-corrected chi connectivity index (χ1v) is 11.2. The molecule has 1 fully saturated rings. The summed E-state index contributed by atoms with van der Waals surface area (Å²) >= 11 is 1.98. The third-order valence-corrected chi connectivity index (χ3v) is 6.17. The summed E-state index contributed by atoms with van der Waals surface area (Å²) in [5.41, 5.74) is 1.38. The summed E-state index contributed by atoms with van der Waals surface area (Å²) in [4.78, 5) is 17.8. The van der Waals surface area contributed by atoms with Gasteiger partial charge in [0.25, 0.3) is 0 Å². The van der Waals surface area contributed by atoms with Crippen molar-refractivity contribution in [2.24, 2.45) is 0 Å². The zero-order valence-electron chi connectivity index (χ0n) is 17.5. The van der Waals surface area contributed by atoms with E-state index in [0.717, 1.165) is 45.6 Å². The number of halogens is 1. The maximum atomic E-state index is 11.4. The van der Waals surface area contributed by atoms with Crippen LogP contribution in [0, 0.1) is 0 Å². The van der Waals surface area contributed by atoms with Gasteiger partial charge in [0.2, 0.25) is 0 Å². The number of hydrogen-bond acceptors (Lipinski definition) is 5. The molecule has 0 saturated carbocycles. The molecule has 1 amide bonds. The topological polar surface area (TPSA) is 44.8 Å². The van der Waals surface area contributed by atoms with Crippen molar-refractivity contribution in [2.75, 3.05) is 50.8 Å². The highest BCUT2D eigenvalue weighted by Gasteiger charge is 2.19. The lowest BCUT2D eigenvalue weighted by molar-refractivity contribution is 0.145. The van der Waals surface area contributed by atoms with Gasteiger partial charge in [0.15, 0.2) is 0 Å². The summed E-state index contributed by atoms with van der Waals surface area (Å²) in [6.07, 6.45) is 2.71. The van der Waals surface area contributed by atoms with Crippen LogP contribution in [0.3, 0.4) is 0 Å². The van der Waals surface area contributed by atoms with Crippen molar-refractivity contribution in [3.63, 3.8) is 0 Å². The first-order valence-electron chi connectivity index (χ1n) is 10.3. The molecular formula is C21H36ClN3O2S. The number of nitrogens with one attached hydrogen (secondary N) is 1. The highest BCUT2D eigenvalue weighted by atomic mass is 35.5. The highest BCUT2D eigenvalue weighted by Crippen LogP contribution is 2.34. The van der Waals surface area contributed by atoms with Gasteiger partial charge in [0.05, 0.1) is 12.3 Å². The van der Waals surface area contributed by atoms with E-state index in [1.54, 1.807) is 0 Å². The van der Waals surface area contributed by atoms with E-state index in [4.69, 9.17) is 4.74 Å². The zero-order chi connectivity index (χ0) is 19.5. The molecule has 1 unspecified atom stereocenters. The number of piperazine rings is 1. The summed E-state index contributed by atoms with van der Waals surface area (Å²) in [6, 6.07) is 8.79. The van der Waals surface area contributed by atoms with Crippen molar-refractivity contribution in [1.29, 1.82) is 0 Å². The molecule has 1 aromatic rings. The van der Waals surface area contributed by atoms with Gasteiger partial charge < -0.3 is 15.0 Å². The molecule has 1 aromatic carbocycles. The maximum absolute atomic E-state index is 11.4. The standard InChI is InChI=1S/C21H35N3O2S.ClH/c1-4-17-26-21(25)22-11-8-12-23-13-15-24(16-14-23)19-9-6-7-10-20(19)27-18(3)5-2;/h6-7,9-10,18H,4-5,8,11-17H2,1-3H3,(H,22,25);1H. The van der Waals surface area contributed by atoms with Crippen LogP contribution in [0.1, 0.15) is 40.0 Å². The Labute approximate surface area is 181 Å². The fraction of sp³-hybridized carbons (Fsp3) is 0.667. The molecule has 1 aliphatic rings. The van der Waals surface area contributed by atoms with Crippen LogP contribution in [0.15, 0.2) is 29.2 Å². The van der Waals surface area contributed by atoms with Crippen molar-refractivity contribution < 1.29 is 9.53 Å². The molecule has 7 heteroatoms. The molecule has 1 aliphatic heterocycles. The summed E-state index contributed by atoms with van der Waals surface area (Å²) in [6.45, 7) is 13.0. The van der Waals surface area contributed by atoms with E-state index in [1.165, 1.54) is 17.0 Å². The van der Waals surface area contributed by atoms with E-state index < -0.39 is 0 Å². The number of carbonyl (C=O) groups excluding carboxylic acids is 1. The van der Waals surface area contributed by atoms with Gasteiger partial charge >= 0.3 is 6.09 Å². The predicted molar refractivity (Wildman–Crippen MR) is 122 cm³/mol. The van der Waals surface area contributed by atoms with E-state index in [0.29, 0.717) is 18.4 Å². The number of carbonyl (C=O) groups is 1. The van der Waals surface area contributed by atoms with Crippen LogP contribution in [-0.4, -0.2) is 62.1 Å². The third-order valence-electron chi connectivity index (χ3n) is 4.84. The highest BCUT2D eigenvalue weighted by molar-refractivity contribution is 8.00. The lowest BCUT2D eigenvalue weighted by Gasteiger charge is -2.37. The van der Waals surface area contributed by atoms with Crippen LogP contribution >= 0.6 is 24.2 Å². The molecule has 0 radical (unpaired) electrons. The molecule has 1 atom stereocenters. The van der Waals surface area contributed by atoms with Gasteiger partial charge in [-0.15, -0.1) is 24.2 Å². The number of amides is 1. The average molecular weight is 430 g/mol. The molecule has 2 rings (SSSR count). The molecule has 0 aromatic heterocycles. The average Bonchev–Trinajstić information content (AvgIpc) is 2.70. The fourth-order valence-corrected chi connectivity index (χ4v) is 4.14. The third kappa shape index (κ3) is 8.50. The number of rotatable bonds is 10. The van der Waals surface area contributed by atoms with E-state index in [-0.39, 0.29) is 18.5 Å². The van der Waals surface area contributed by atoms with Crippen molar-refractivity contribution in [1.82, 2.24) is 10.2 Å². The van der Waals surface area contributed by atoms with Crippen molar-refractivity contribution >= 4 is 35.9 Å². The van der Waals surface area contributed by atoms with Gasteiger partial charge in [-0.2, -0.15) is 0 Å². The fourth-order valence-electron chi connectivity index (χ4n) is 3.07. The molecule has 28 heavy (non-hydrogen) atoms. The Bertz CT molecular complexity index is 568. The zero-order valence-corrected chi connectivity index (χ0v) is 19.1. The van der Waals surface area contributed by atoms with Crippen LogP contribution < -0.4 is 10.2 Å². The van der Waals surface area contributed by atoms with Crippen LogP contribution in [0.4, 0.5) is 10.5 Å². The van der Waals surface area contributed by atoms with E-state index in [1.807, 2.05) is 18.7 Å². The molecule has 5 nitrogen and oxygen atoms in total. The largest absolute Gasteiger partial charge is 0.450 e. The molecule has 1 saturated heterocycles. The van der Waals surface area contributed by atoms with Gasteiger partial charge in [-0.1, -0.05) is 32.9 Å². The molecule has 0 spiro atoms. The monoisotopic (exact) mass is 429 g/mol.